The Kier molecular flexibility index (Phi) is 5.81. The summed E-state index contributed by atoms with van der Waals surface area (Å²) >= 11 is 0. The number of rotatable bonds is 7. The van der Waals surface area contributed by atoms with Gasteiger partial charge in [0.25, 0.3) is 0 Å². The molecule has 0 aliphatic heterocycles. The number of carbonyl (C=O) groups excluding carboxylic acids is 2. The van der Waals surface area contributed by atoms with Gasteiger partial charge < -0.3 is 19.9 Å². The minimum atomic E-state index is -1.21. The monoisotopic (exact) mass is 267 g/mol. The highest BCUT2D eigenvalue weighted by Crippen LogP contribution is 2.22. The van der Waals surface area contributed by atoms with Crippen LogP contribution in [0.1, 0.15) is 18.6 Å². The van der Waals surface area contributed by atoms with E-state index in [2.05, 4.69) is 5.32 Å². The first-order valence-corrected chi connectivity index (χ1v) is 5.82. The zero-order valence-electron chi connectivity index (χ0n) is 10.8. The van der Waals surface area contributed by atoms with Gasteiger partial charge in [-0.25, -0.2) is 4.79 Å². The van der Waals surface area contributed by atoms with Crippen LogP contribution in [0.2, 0.25) is 0 Å². The van der Waals surface area contributed by atoms with Crippen LogP contribution in [0, 0.1) is 0 Å². The van der Waals surface area contributed by atoms with Gasteiger partial charge in [-0.1, -0.05) is 12.1 Å². The van der Waals surface area contributed by atoms with Crippen LogP contribution in [-0.4, -0.2) is 37.2 Å². The SMILES string of the molecule is CCOC(=O)C(NC=O)C(O)c1cccc(OC)c1. The second kappa shape index (κ2) is 7.38. The van der Waals surface area contributed by atoms with Gasteiger partial charge in [0.05, 0.1) is 13.7 Å². The van der Waals surface area contributed by atoms with Gasteiger partial charge in [-0.3, -0.25) is 4.79 Å². The minimum Gasteiger partial charge on any atom is -0.497 e. The van der Waals surface area contributed by atoms with E-state index in [4.69, 9.17) is 9.47 Å². The molecular weight excluding hydrogens is 250 g/mol. The van der Waals surface area contributed by atoms with Gasteiger partial charge in [0, 0.05) is 0 Å². The number of aliphatic hydroxyl groups excluding tert-OH is 1. The van der Waals surface area contributed by atoms with Crippen LogP contribution in [0.25, 0.3) is 0 Å². The second-order valence-electron chi connectivity index (χ2n) is 3.74. The molecule has 104 valence electrons. The zero-order chi connectivity index (χ0) is 14.3. The first-order chi connectivity index (χ1) is 9.13. The Labute approximate surface area is 111 Å². The van der Waals surface area contributed by atoms with E-state index < -0.39 is 18.1 Å². The standard InChI is InChI=1S/C13H17NO5/c1-3-19-13(17)11(14-8-15)12(16)9-5-4-6-10(7-9)18-2/h4-8,11-12,16H,3H2,1-2H3,(H,14,15). The quantitative estimate of drug-likeness (QED) is 0.552. The largest absolute Gasteiger partial charge is 0.497 e. The van der Waals surface area contributed by atoms with Gasteiger partial charge in [-0.05, 0) is 24.6 Å². The third-order valence-corrected chi connectivity index (χ3v) is 2.54. The Morgan fingerprint density at radius 3 is 2.84 bits per heavy atom. The molecule has 2 N–H and O–H groups in total. The predicted octanol–water partition coefficient (Wildman–Crippen LogP) is 0.406. The first-order valence-electron chi connectivity index (χ1n) is 5.82. The maximum atomic E-state index is 11.7. The Bertz CT molecular complexity index is 435. The molecule has 0 spiro atoms. The number of esters is 1. The second-order valence-corrected chi connectivity index (χ2v) is 3.74. The normalized spacial score (nSPS) is 13.2. The molecule has 0 aromatic heterocycles. The molecule has 0 radical (unpaired) electrons. The van der Waals surface area contributed by atoms with Crippen LogP contribution < -0.4 is 10.1 Å². The highest BCUT2D eigenvalue weighted by Gasteiger charge is 2.29. The van der Waals surface area contributed by atoms with Crippen molar-refractivity contribution in [3.63, 3.8) is 0 Å². The molecule has 1 amide bonds. The van der Waals surface area contributed by atoms with E-state index >= 15 is 0 Å². The van der Waals surface area contributed by atoms with Crippen molar-refractivity contribution in [3.05, 3.63) is 29.8 Å². The van der Waals surface area contributed by atoms with Crippen LogP contribution >= 0.6 is 0 Å². The van der Waals surface area contributed by atoms with E-state index in [1.165, 1.54) is 7.11 Å². The molecule has 0 fully saturated rings. The summed E-state index contributed by atoms with van der Waals surface area (Å²) in [6.07, 6.45) is -0.857. The molecule has 1 rings (SSSR count). The summed E-state index contributed by atoms with van der Waals surface area (Å²) in [4.78, 5) is 22.2. The highest BCUT2D eigenvalue weighted by molar-refractivity contribution is 5.79. The van der Waals surface area contributed by atoms with Crippen LogP contribution in [0.3, 0.4) is 0 Å². The van der Waals surface area contributed by atoms with Crippen LogP contribution in [-0.2, 0) is 14.3 Å². The molecule has 0 aliphatic carbocycles. The summed E-state index contributed by atoms with van der Waals surface area (Å²) in [6.45, 7) is 1.81. The average Bonchev–Trinajstić information content (AvgIpc) is 2.44. The lowest BCUT2D eigenvalue weighted by atomic mass is 10.0. The number of ether oxygens (including phenoxy) is 2. The number of hydrogen-bond donors (Lipinski definition) is 2. The number of amides is 1. The summed E-state index contributed by atoms with van der Waals surface area (Å²) in [5, 5.41) is 12.4. The fraction of sp³-hybridized carbons (Fsp3) is 0.385. The van der Waals surface area contributed by atoms with Gasteiger partial charge >= 0.3 is 5.97 Å². The number of hydrogen-bond acceptors (Lipinski definition) is 5. The summed E-state index contributed by atoms with van der Waals surface area (Å²) in [6, 6.07) is 5.46. The number of aliphatic hydroxyl groups is 1. The van der Waals surface area contributed by atoms with Crippen molar-refractivity contribution in [1.29, 1.82) is 0 Å². The first kappa shape index (κ1) is 15.0. The zero-order valence-corrected chi connectivity index (χ0v) is 10.8. The van der Waals surface area contributed by atoms with Crippen LogP contribution in [0.4, 0.5) is 0 Å². The molecule has 1 aromatic rings. The number of nitrogens with one attached hydrogen (secondary N) is 1. The van der Waals surface area contributed by atoms with E-state index in [1.807, 2.05) is 0 Å². The van der Waals surface area contributed by atoms with E-state index in [-0.39, 0.29) is 6.61 Å². The summed E-state index contributed by atoms with van der Waals surface area (Å²) in [5.41, 5.74) is 0.451. The molecule has 2 atom stereocenters. The van der Waals surface area contributed by atoms with Crippen molar-refractivity contribution in [3.8, 4) is 5.75 Å². The summed E-state index contributed by atoms with van der Waals surface area (Å²) < 4.78 is 9.84. The van der Waals surface area contributed by atoms with Crippen molar-refractivity contribution in [2.24, 2.45) is 0 Å². The van der Waals surface area contributed by atoms with E-state index in [9.17, 15) is 14.7 Å². The molecule has 19 heavy (non-hydrogen) atoms. The van der Waals surface area contributed by atoms with Gasteiger partial charge in [0.1, 0.15) is 11.9 Å². The van der Waals surface area contributed by atoms with E-state index in [1.54, 1.807) is 31.2 Å². The molecule has 6 heteroatoms. The Morgan fingerprint density at radius 2 is 2.26 bits per heavy atom. The van der Waals surface area contributed by atoms with Gasteiger partial charge in [0.15, 0.2) is 6.04 Å². The third-order valence-electron chi connectivity index (χ3n) is 2.54. The fourth-order valence-electron chi connectivity index (χ4n) is 1.61. The molecule has 0 aliphatic rings. The molecule has 6 nitrogen and oxygen atoms in total. The van der Waals surface area contributed by atoms with Crippen molar-refractivity contribution >= 4 is 12.4 Å². The van der Waals surface area contributed by atoms with Crippen LogP contribution in [0.5, 0.6) is 5.75 Å². The molecule has 1 aromatic carbocycles. The molecule has 0 heterocycles. The summed E-state index contributed by atoms with van der Waals surface area (Å²) in [5.74, 6) is -0.143. The van der Waals surface area contributed by atoms with Crippen molar-refractivity contribution < 1.29 is 24.2 Å². The minimum absolute atomic E-state index is 0.167. The topological polar surface area (TPSA) is 84.9 Å². The summed E-state index contributed by atoms with van der Waals surface area (Å²) in [7, 11) is 1.50. The lowest BCUT2D eigenvalue weighted by Gasteiger charge is -2.21. The third kappa shape index (κ3) is 3.96. The van der Waals surface area contributed by atoms with E-state index in [0.717, 1.165) is 0 Å². The lowest BCUT2D eigenvalue weighted by molar-refractivity contribution is -0.149. The predicted molar refractivity (Wildman–Crippen MR) is 67.6 cm³/mol. The number of methoxy groups -OCH3 is 1. The molecule has 2 unspecified atom stereocenters. The maximum Gasteiger partial charge on any atom is 0.331 e. The Balaban J connectivity index is 2.94. The molecular formula is C13H17NO5. The van der Waals surface area contributed by atoms with E-state index in [0.29, 0.717) is 17.7 Å². The van der Waals surface area contributed by atoms with Crippen molar-refractivity contribution in [2.45, 2.75) is 19.1 Å². The van der Waals surface area contributed by atoms with Gasteiger partial charge in [-0.2, -0.15) is 0 Å². The Morgan fingerprint density at radius 1 is 1.53 bits per heavy atom. The smallest absolute Gasteiger partial charge is 0.331 e. The number of benzene rings is 1. The van der Waals surface area contributed by atoms with Crippen molar-refractivity contribution in [1.82, 2.24) is 5.32 Å². The maximum absolute atomic E-state index is 11.7. The van der Waals surface area contributed by atoms with Crippen LogP contribution in [0.15, 0.2) is 24.3 Å². The number of carbonyl (C=O) groups is 2. The fourth-order valence-corrected chi connectivity index (χ4v) is 1.61. The van der Waals surface area contributed by atoms with Gasteiger partial charge in [0.2, 0.25) is 6.41 Å². The average molecular weight is 267 g/mol. The molecule has 0 bridgehead atoms. The highest BCUT2D eigenvalue weighted by atomic mass is 16.5. The molecule has 0 saturated carbocycles. The van der Waals surface area contributed by atoms with Crippen molar-refractivity contribution in [2.75, 3.05) is 13.7 Å². The Hall–Kier alpha value is -2.08. The molecule has 0 saturated heterocycles. The van der Waals surface area contributed by atoms with Gasteiger partial charge in [-0.15, -0.1) is 0 Å². The lowest BCUT2D eigenvalue weighted by Crippen LogP contribution is -2.42.